The van der Waals surface area contributed by atoms with Gasteiger partial charge in [-0.1, -0.05) is 12.1 Å². The van der Waals surface area contributed by atoms with Crippen molar-refractivity contribution in [2.45, 2.75) is 38.9 Å². The van der Waals surface area contributed by atoms with Crippen LogP contribution in [-0.4, -0.2) is 29.9 Å². The number of hydrogen-bond donors (Lipinski definition) is 2. The molecule has 0 aliphatic carbocycles. The van der Waals surface area contributed by atoms with Gasteiger partial charge in [-0.25, -0.2) is 0 Å². The highest BCUT2D eigenvalue weighted by Gasteiger charge is 2.36. The average Bonchev–Trinajstić information content (AvgIpc) is 2.26. The third-order valence-electron chi connectivity index (χ3n) is 3.44. The Bertz CT molecular complexity index is 401. The fourth-order valence-corrected chi connectivity index (χ4v) is 2.11. The van der Waals surface area contributed by atoms with Gasteiger partial charge < -0.3 is 15.2 Å². The predicted octanol–water partition coefficient (Wildman–Crippen LogP) is 1.80. The fraction of sp³-hybridized carbons (Fsp3) is 0.571. The van der Waals surface area contributed by atoms with Crippen LogP contribution >= 0.6 is 0 Å². The lowest BCUT2D eigenvalue weighted by Gasteiger charge is -2.37. The molecular weight excluding hydrogens is 214 g/mol. The second-order valence-electron chi connectivity index (χ2n) is 5.19. The minimum Gasteiger partial charge on any atom is -0.486 e. The summed E-state index contributed by atoms with van der Waals surface area (Å²) in [7, 11) is 0. The third kappa shape index (κ3) is 2.79. The van der Waals surface area contributed by atoms with Crippen molar-refractivity contribution in [2.24, 2.45) is 0 Å². The molecular formula is C14H21NO2. The van der Waals surface area contributed by atoms with Crippen LogP contribution in [0.4, 0.5) is 0 Å². The van der Waals surface area contributed by atoms with E-state index in [9.17, 15) is 5.11 Å². The largest absolute Gasteiger partial charge is 0.486 e. The van der Waals surface area contributed by atoms with Gasteiger partial charge in [0.2, 0.25) is 0 Å². The van der Waals surface area contributed by atoms with Crippen LogP contribution < -0.4 is 10.1 Å². The fourth-order valence-electron chi connectivity index (χ4n) is 2.11. The summed E-state index contributed by atoms with van der Waals surface area (Å²) in [5.41, 5.74) is 1.53. The second kappa shape index (κ2) is 4.67. The van der Waals surface area contributed by atoms with Crippen molar-refractivity contribution in [1.29, 1.82) is 0 Å². The number of piperidine rings is 1. The van der Waals surface area contributed by atoms with Crippen LogP contribution in [-0.2, 0) is 0 Å². The Kier molecular flexibility index (Phi) is 3.40. The minimum atomic E-state index is -0.749. The van der Waals surface area contributed by atoms with E-state index < -0.39 is 5.60 Å². The first-order valence-corrected chi connectivity index (χ1v) is 6.16. The van der Waals surface area contributed by atoms with Crippen molar-refractivity contribution in [3.8, 4) is 5.75 Å². The molecule has 17 heavy (non-hydrogen) atoms. The van der Waals surface area contributed by atoms with Crippen LogP contribution in [0.5, 0.6) is 5.75 Å². The van der Waals surface area contributed by atoms with Crippen LogP contribution in [0.25, 0.3) is 0 Å². The van der Waals surface area contributed by atoms with Crippen molar-refractivity contribution in [2.75, 3.05) is 13.1 Å². The first-order chi connectivity index (χ1) is 7.99. The van der Waals surface area contributed by atoms with Gasteiger partial charge in [-0.15, -0.1) is 0 Å². The van der Waals surface area contributed by atoms with Gasteiger partial charge in [-0.05, 0) is 50.9 Å². The molecule has 0 spiro atoms. The normalized spacial score (nSPS) is 29.1. The van der Waals surface area contributed by atoms with E-state index in [1.54, 1.807) is 0 Å². The lowest BCUT2D eigenvalue weighted by Crippen LogP contribution is -2.55. The van der Waals surface area contributed by atoms with Crippen molar-refractivity contribution < 1.29 is 9.84 Å². The maximum absolute atomic E-state index is 10.3. The van der Waals surface area contributed by atoms with E-state index in [0.29, 0.717) is 6.54 Å². The summed E-state index contributed by atoms with van der Waals surface area (Å²) in [6.45, 7) is 7.47. The summed E-state index contributed by atoms with van der Waals surface area (Å²) in [6, 6.07) is 6.15. The van der Waals surface area contributed by atoms with Gasteiger partial charge in [-0.3, -0.25) is 0 Å². The molecule has 2 rings (SSSR count). The molecule has 2 atom stereocenters. The number of aliphatic hydroxyl groups is 1. The molecule has 0 bridgehead atoms. The Morgan fingerprint density at radius 3 is 2.88 bits per heavy atom. The standard InChI is InChI=1S/C14H21NO2/c1-10-4-5-11(2)12(8-10)17-13-9-15-7-6-14(13,3)16/h4-5,8,13,15-16H,6-7,9H2,1-3H3. The van der Waals surface area contributed by atoms with E-state index in [-0.39, 0.29) is 6.10 Å². The molecule has 1 aromatic rings. The van der Waals surface area contributed by atoms with Gasteiger partial charge in [0.25, 0.3) is 0 Å². The topological polar surface area (TPSA) is 41.5 Å². The Morgan fingerprint density at radius 2 is 2.18 bits per heavy atom. The van der Waals surface area contributed by atoms with Crippen molar-refractivity contribution in [1.82, 2.24) is 5.32 Å². The molecule has 1 heterocycles. The second-order valence-corrected chi connectivity index (χ2v) is 5.19. The van der Waals surface area contributed by atoms with E-state index in [2.05, 4.69) is 17.4 Å². The zero-order valence-electron chi connectivity index (χ0n) is 10.8. The van der Waals surface area contributed by atoms with Crippen LogP contribution in [0.15, 0.2) is 18.2 Å². The Labute approximate surface area is 103 Å². The molecule has 3 heteroatoms. The molecule has 3 nitrogen and oxygen atoms in total. The van der Waals surface area contributed by atoms with E-state index in [1.807, 2.05) is 26.8 Å². The number of benzene rings is 1. The first kappa shape index (κ1) is 12.4. The van der Waals surface area contributed by atoms with Gasteiger partial charge in [0.15, 0.2) is 0 Å². The van der Waals surface area contributed by atoms with Crippen LogP contribution in [0, 0.1) is 13.8 Å². The molecule has 0 amide bonds. The summed E-state index contributed by atoms with van der Waals surface area (Å²) in [5.74, 6) is 0.874. The molecule has 1 aliphatic heterocycles. The molecule has 2 N–H and O–H groups in total. The summed E-state index contributed by atoms with van der Waals surface area (Å²) in [4.78, 5) is 0. The number of ether oxygens (including phenoxy) is 1. The van der Waals surface area contributed by atoms with Crippen molar-refractivity contribution >= 4 is 0 Å². The highest BCUT2D eigenvalue weighted by atomic mass is 16.5. The van der Waals surface area contributed by atoms with E-state index in [1.165, 1.54) is 5.56 Å². The predicted molar refractivity (Wildman–Crippen MR) is 68.4 cm³/mol. The van der Waals surface area contributed by atoms with Crippen molar-refractivity contribution in [3.05, 3.63) is 29.3 Å². The zero-order valence-corrected chi connectivity index (χ0v) is 10.8. The molecule has 0 radical (unpaired) electrons. The van der Waals surface area contributed by atoms with E-state index in [4.69, 9.17) is 4.74 Å². The molecule has 1 saturated heterocycles. The minimum absolute atomic E-state index is 0.184. The highest BCUT2D eigenvalue weighted by Crippen LogP contribution is 2.26. The van der Waals surface area contributed by atoms with E-state index in [0.717, 1.165) is 24.3 Å². The van der Waals surface area contributed by atoms with Gasteiger partial charge in [0, 0.05) is 6.54 Å². The average molecular weight is 235 g/mol. The van der Waals surface area contributed by atoms with Crippen LogP contribution in [0.3, 0.4) is 0 Å². The summed E-state index contributed by atoms with van der Waals surface area (Å²) in [5, 5.41) is 13.6. The molecule has 1 aromatic carbocycles. The number of aryl methyl sites for hydroxylation is 2. The number of nitrogens with one attached hydrogen (secondary N) is 1. The van der Waals surface area contributed by atoms with Gasteiger partial charge >= 0.3 is 0 Å². The van der Waals surface area contributed by atoms with Gasteiger partial charge in [0.1, 0.15) is 17.5 Å². The van der Waals surface area contributed by atoms with Gasteiger partial charge in [0.05, 0.1) is 0 Å². The lowest BCUT2D eigenvalue weighted by atomic mass is 9.91. The van der Waals surface area contributed by atoms with E-state index >= 15 is 0 Å². The Hall–Kier alpha value is -1.06. The van der Waals surface area contributed by atoms with Gasteiger partial charge in [-0.2, -0.15) is 0 Å². The van der Waals surface area contributed by atoms with Crippen molar-refractivity contribution in [3.63, 3.8) is 0 Å². The Balaban J connectivity index is 2.16. The molecule has 0 aromatic heterocycles. The quantitative estimate of drug-likeness (QED) is 0.821. The van der Waals surface area contributed by atoms with Crippen LogP contribution in [0.1, 0.15) is 24.5 Å². The Morgan fingerprint density at radius 1 is 1.41 bits per heavy atom. The maximum Gasteiger partial charge on any atom is 0.139 e. The molecule has 94 valence electrons. The highest BCUT2D eigenvalue weighted by molar-refractivity contribution is 5.36. The summed E-state index contributed by atoms with van der Waals surface area (Å²) >= 11 is 0. The number of hydrogen-bond acceptors (Lipinski definition) is 3. The first-order valence-electron chi connectivity index (χ1n) is 6.16. The smallest absolute Gasteiger partial charge is 0.139 e. The van der Waals surface area contributed by atoms with Crippen LogP contribution in [0.2, 0.25) is 0 Å². The summed E-state index contributed by atoms with van der Waals surface area (Å²) < 4.78 is 5.97. The monoisotopic (exact) mass is 235 g/mol. The molecule has 2 unspecified atom stereocenters. The summed E-state index contributed by atoms with van der Waals surface area (Å²) in [6.07, 6.45) is 0.541. The molecule has 1 aliphatic rings. The number of rotatable bonds is 2. The maximum atomic E-state index is 10.3. The molecule has 1 fully saturated rings. The lowest BCUT2D eigenvalue weighted by molar-refractivity contribution is -0.0660. The SMILES string of the molecule is Cc1ccc(C)c(OC2CNCCC2(C)O)c1. The third-order valence-corrected chi connectivity index (χ3v) is 3.44. The molecule has 0 saturated carbocycles. The zero-order chi connectivity index (χ0) is 12.5.